The highest BCUT2D eigenvalue weighted by Crippen LogP contribution is 2.29. The van der Waals surface area contributed by atoms with Crippen LogP contribution in [0.4, 0.5) is 11.4 Å². The first-order chi connectivity index (χ1) is 14.3. The summed E-state index contributed by atoms with van der Waals surface area (Å²) in [5.41, 5.74) is 1.11. The first kappa shape index (κ1) is 22.3. The van der Waals surface area contributed by atoms with Crippen LogP contribution in [0.3, 0.4) is 0 Å². The lowest BCUT2D eigenvalue weighted by molar-refractivity contribution is -0.117. The molecule has 160 valence electrons. The molecule has 3 rings (SSSR count). The van der Waals surface area contributed by atoms with Crippen LogP contribution in [0.1, 0.15) is 26.2 Å². The smallest absolute Gasteiger partial charge is 0.243 e. The van der Waals surface area contributed by atoms with Crippen molar-refractivity contribution < 1.29 is 18.0 Å². The molecule has 0 atom stereocenters. The second kappa shape index (κ2) is 9.59. The van der Waals surface area contributed by atoms with E-state index in [1.807, 2.05) is 6.92 Å². The molecule has 0 spiro atoms. The Morgan fingerprint density at radius 3 is 2.50 bits per heavy atom. The van der Waals surface area contributed by atoms with E-state index in [0.717, 1.165) is 10.7 Å². The van der Waals surface area contributed by atoms with Gasteiger partial charge in [0, 0.05) is 24.5 Å². The van der Waals surface area contributed by atoms with E-state index in [2.05, 4.69) is 5.32 Å². The average molecular weight is 450 g/mol. The van der Waals surface area contributed by atoms with Crippen molar-refractivity contribution in [2.45, 2.75) is 31.1 Å². The highest BCUT2D eigenvalue weighted by Gasteiger charge is 2.27. The number of carbonyl (C=O) groups is 2. The number of carbonyl (C=O) groups excluding carboxylic acids is 2. The van der Waals surface area contributed by atoms with Gasteiger partial charge in [0.2, 0.25) is 21.8 Å². The largest absolute Gasteiger partial charge is 0.323 e. The number of rotatable bonds is 8. The number of anilines is 2. The van der Waals surface area contributed by atoms with E-state index in [9.17, 15) is 18.0 Å². The van der Waals surface area contributed by atoms with Gasteiger partial charge in [-0.3, -0.25) is 9.59 Å². The molecule has 0 unspecified atom stereocenters. The van der Waals surface area contributed by atoms with Crippen LogP contribution < -0.4 is 10.2 Å². The number of para-hydroxylation sites is 2. The van der Waals surface area contributed by atoms with Gasteiger partial charge in [0.25, 0.3) is 0 Å². The van der Waals surface area contributed by atoms with Gasteiger partial charge >= 0.3 is 0 Å². The predicted octanol–water partition coefficient (Wildman–Crippen LogP) is 3.51. The van der Waals surface area contributed by atoms with E-state index < -0.39 is 15.9 Å². The summed E-state index contributed by atoms with van der Waals surface area (Å²) in [5.74, 6) is -0.463. The number of amides is 2. The number of hydrogen-bond donors (Lipinski definition) is 1. The summed E-state index contributed by atoms with van der Waals surface area (Å²) in [7, 11) is -3.85. The second-order valence-electron chi connectivity index (χ2n) is 7.01. The van der Waals surface area contributed by atoms with Gasteiger partial charge in [-0.1, -0.05) is 30.7 Å². The Kier molecular flexibility index (Phi) is 7.12. The lowest BCUT2D eigenvalue weighted by atomic mass is 10.2. The van der Waals surface area contributed by atoms with Gasteiger partial charge in [-0.2, -0.15) is 4.31 Å². The van der Waals surface area contributed by atoms with Crippen molar-refractivity contribution in [2.75, 3.05) is 29.9 Å². The molecule has 1 saturated heterocycles. The summed E-state index contributed by atoms with van der Waals surface area (Å²) in [6, 6.07) is 12.9. The zero-order valence-electron chi connectivity index (χ0n) is 16.7. The van der Waals surface area contributed by atoms with Gasteiger partial charge in [-0.25, -0.2) is 8.42 Å². The number of nitrogens with zero attached hydrogens (tertiary/aromatic N) is 2. The lowest BCUT2D eigenvalue weighted by Gasteiger charge is -2.23. The molecule has 1 aliphatic rings. The molecular weight excluding hydrogens is 426 g/mol. The molecule has 7 nitrogen and oxygen atoms in total. The van der Waals surface area contributed by atoms with Gasteiger partial charge in [-0.15, -0.1) is 0 Å². The van der Waals surface area contributed by atoms with Crippen LogP contribution >= 0.6 is 11.6 Å². The second-order valence-corrected chi connectivity index (χ2v) is 9.38. The molecule has 0 saturated carbocycles. The molecule has 0 aromatic heterocycles. The minimum atomic E-state index is -3.85. The quantitative estimate of drug-likeness (QED) is 0.668. The van der Waals surface area contributed by atoms with Crippen LogP contribution in [0.25, 0.3) is 0 Å². The molecule has 2 amide bonds. The fraction of sp³-hybridized carbons (Fsp3) is 0.333. The van der Waals surface area contributed by atoms with Crippen LogP contribution in [0.2, 0.25) is 5.02 Å². The normalized spacial score (nSPS) is 14.4. The van der Waals surface area contributed by atoms with Crippen molar-refractivity contribution in [1.29, 1.82) is 0 Å². The van der Waals surface area contributed by atoms with Gasteiger partial charge in [-0.05, 0) is 49.2 Å². The summed E-state index contributed by atoms with van der Waals surface area (Å²) in [6.45, 7) is 2.31. The molecule has 1 fully saturated rings. The highest BCUT2D eigenvalue weighted by molar-refractivity contribution is 7.89. The molecule has 0 aliphatic carbocycles. The summed E-state index contributed by atoms with van der Waals surface area (Å²) in [4.78, 5) is 26.6. The average Bonchev–Trinajstić information content (AvgIpc) is 3.14. The molecular formula is C21H24ClN3O4S. The third-order valence-corrected chi connectivity index (χ3v) is 6.90. The van der Waals surface area contributed by atoms with Gasteiger partial charge in [0.15, 0.2) is 0 Å². The Hall–Kier alpha value is -2.42. The van der Waals surface area contributed by atoms with Crippen molar-refractivity contribution in [3.8, 4) is 0 Å². The minimum Gasteiger partial charge on any atom is -0.323 e. The zero-order valence-corrected chi connectivity index (χ0v) is 18.2. The van der Waals surface area contributed by atoms with E-state index >= 15 is 0 Å². The number of nitrogens with one attached hydrogen (secondary N) is 1. The van der Waals surface area contributed by atoms with Crippen molar-refractivity contribution >= 4 is 44.8 Å². The molecule has 0 bridgehead atoms. The van der Waals surface area contributed by atoms with Gasteiger partial charge < -0.3 is 10.2 Å². The fourth-order valence-corrected chi connectivity index (χ4v) is 4.97. The SMILES string of the molecule is CCCN(CC(=O)Nc1ccccc1N1CCCC1=O)S(=O)(=O)c1ccc(Cl)cc1. The molecule has 1 N–H and O–H groups in total. The van der Waals surface area contributed by atoms with Crippen LogP contribution in [-0.2, 0) is 19.6 Å². The number of sulfonamides is 1. The van der Waals surface area contributed by atoms with Crippen LogP contribution in [0, 0.1) is 0 Å². The molecule has 2 aromatic rings. The van der Waals surface area contributed by atoms with E-state index in [1.54, 1.807) is 29.2 Å². The Bertz CT molecular complexity index is 1020. The maximum Gasteiger partial charge on any atom is 0.243 e. The topological polar surface area (TPSA) is 86.8 Å². The minimum absolute atomic E-state index is 0.00891. The van der Waals surface area contributed by atoms with Crippen molar-refractivity contribution in [3.05, 3.63) is 53.6 Å². The summed E-state index contributed by atoms with van der Waals surface area (Å²) in [6.07, 6.45) is 1.80. The standard InChI is InChI=1S/C21H24ClN3O4S/c1-2-13-24(30(28,29)17-11-9-16(22)10-12-17)15-20(26)23-18-6-3-4-7-19(18)25-14-5-8-21(25)27/h3-4,6-7,9-12H,2,5,8,13-15H2,1H3,(H,23,26). The summed E-state index contributed by atoms with van der Waals surface area (Å²) < 4.78 is 27.1. The van der Waals surface area contributed by atoms with Crippen molar-refractivity contribution in [2.24, 2.45) is 0 Å². The molecule has 30 heavy (non-hydrogen) atoms. The Balaban J connectivity index is 1.78. The monoisotopic (exact) mass is 449 g/mol. The summed E-state index contributed by atoms with van der Waals surface area (Å²) in [5, 5.41) is 3.20. The van der Waals surface area contributed by atoms with Crippen LogP contribution in [0.15, 0.2) is 53.4 Å². The Labute approximate surface area is 181 Å². The number of halogens is 1. The highest BCUT2D eigenvalue weighted by atomic mass is 35.5. The molecule has 9 heteroatoms. The van der Waals surface area contributed by atoms with E-state index in [1.165, 1.54) is 24.3 Å². The third kappa shape index (κ3) is 5.00. The van der Waals surface area contributed by atoms with Crippen molar-refractivity contribution in [3.63, 3.8) is 0 Å². The third-order valence-electron chi connectivity index (χ3n) is 4.79. The van der Waals surface area contributed by atoms with Crippen molar-refractivity contribution in [1.82, 2.24) is 4.31 Å². The van der Waals surface area contributed by atoms with Gasteiger partial charge in [0.1, 0.15) is 0 Å². The fourth-order valence-electron chi connectivity index (χ4n) is 3.36. The maximum absolute atomic E-state index is 13.0. The van der Waals surface area contributed by atoms with Gasteiger partial charge in [0.05, 0.1) is 22.8 Å². The molecule has 2 aromatic carbocycles. The predicted molar refractivity (Wildman–Crippen MR) is 117 cm³/mol. The molecule has 1 heterocycles. The van der Waals surface area contributed by atoms with E-state index in [0.29, 0.717) is 35.8 Å². The summed E-state index contributed by atoms with van der Waals surface area (Å²) >= 11 is 5.86. The molecule has 1 aliphatic heterocycles. The number of benzene rings is 2. The maximum atomic E-state index is 13.0. The first-order valence-corrected chi connectivity index (χ1v) is 11.6. The number of hydrogen-bond acceptors (Lipinski definition) is 4. The Morgan fingerprint density at radius 2 is 1.87 bits per heavy atom. The Morgan fingerprint density at radius 1 is 1.17 bits per heavy atom. The first-order valence-electron chi connectivity index (χ1n) is 9.78. The zero-order chi connectivity index (χ0) is 21.7. The van der Waals surface area contributed by atoms with Crippen LogP contribution in [-0.4, -0.2) is 44.2 Å². The molecule has 0 radical (unpaired) electrons. The van der Waals surface area contributed by atoms with E-state index in [-0.39, 0.29) is 23.9 Å². The van der Waals surface area contributed by atoms with E-state index in [4.69, 9.17) is 11.6 Å². The lowest BCUT2D eigenvalue weighted by Crippen LogP contribution is -2.38. The van der Waals surface area contributed by atoms with Crippen LogP contribution in [0.5, 0.6) is 0 Å².